The molecule has 2 aliphatic heterocycles. The molecular weight excluding hydrogens is 400 g/mol. The van der Waals surface area contributed by atoms with Gasteiger partial charge in [-0.25, -0.2) is 0 Å². The predicted molar refractivity (Wildman–Crippen MR) is 105 cm³/mol. The number of thioether (sulfide) groups is 1. The predicted octanol–water partition coefficient (Wildman–Crippen LogP) is 1.72. The Bertz CT molecular complexity index is 801. The summed E-state index contributed by atoms with van der Waals surface area (Å²) in [6.45, 7) is 3.64. The Morgan fingerprint density at radius 3 is 2.31 bits per heavy atom. The van der Waals surface area contributed by atoms with Gasteiger partial charge in [0.05, 0.1) is 0 Å². The number of fused-ring (bicyclic) bond motifs is 1. The van der Waals surface area contributed by atoms with Gasteiger partial charge in [-0.3, -0.25) is 19.4 Å². The lowest BCUT2D eigenvalue weighted by Crippen LogP contribution is -2.59. The van der Waals surface area contributed by atoms with Crippen LogP contribution in [0.3, 0.4) is 0 Å². The SMILES string of the molecule is CC(=O)OC[C@H]1O[C@H]2SC(Nc3ccccc3)=NC2[C@@H](OC(C)=O)[C@@H]1OC(C)=O. The van der Waals surface area contributed by atoms with Gasteiger partial charge in [-0.15, -0.1) is 0 Å². The summed E-state index contributed by atoms with van der Waals surface area (Å²) in [5.41, 5.74) is 0.340. The number of aliphatic imine (C=N–C) groups is 1. The van der Waals surface area contributed by atoms with Crippen molar-refractivity contribution in [2.75, 3.05) is 11.9 Å². The average molecular weight is 422 g/mol. The van der Waals surface area contributed by atoms with Gasteiger partial charge in [-0.2, -0.15) is 0 Å². The summed E-state index contributed by atoms with van der Waals surface area (Å²) < 4.78 is 21.9. The summed E-state index contributed by atoms with van der Waals surface area (Å²) >= 11 is 1.32. The standard InChI is InChI=1S/C19H22N2O7S/c1-10(22)25-9-14-16(26-11(2)23)17(27-12(3)24)15-18(28-14)29-19(21-15)20-13-7-5-4-6-8-13/h4-8,14-18H,9H2,1-3H3,(H,20,21)/t14-,15?,16-,17-,18+/m1/s1. The van der Waals surface area contributed by atoms with Gasteiger partial charge in [-0.05, 0) is 12.1 Å². The van der Waals surface area contributed by atoms with E-state index in [9.17, 15) is 14.4 Å². The second-order valence-corrected chi connectivity index (χ2v) is 7.61. The third-order valence-corrected chi connectivity index (χ3v) is 5.24. The minimum absolute atomic E-state index is 0.143. The highest BCUT2D eigenvalue weighted by Gasteiger charge is 2.53. The highest BCUT2D eigenvalue weighted by Crippen LogP contribution is 2.39. The Morgan fingerprint density at radius 1 is 1.03 bits per heavy atom. The van der Waals surface area contributed by atoms with Gasteiger partial charge in [0.1, 0.15) is 24.2 Å². The Balaban J connectivity index is 1.84. The van der Waals surface area contributed by atoms with E-state index in [1.54, 1.807) is 0 Å². The molecule has 1 aromatic rings. The van der Waals surface area contributed by atoms with Crippen LogP contribution in [0, 0.1) is 0 Å². The number of hydrogen-bond donors (Lipinski definition) is 1. The lowest BCUT2D eigenvalue weighted by Gasteiger charge is -2.41. The lowest BCUT2D eigenvalue weighted by molar-refractivity contribution is -0.208. The molecule has 9 nitrogen and oxygen atoms in total. The van der Waals surface area contributed by atoms with E-state index in [1.165, 1.54) is 32.5 Å². The van der Waals surface area contributed by atoms with Crippen LogP contribution in [0.4, 0.5) is 5.69 Å². The summed E-state index contributed by atoms with van der Waals surface area (Å²) in [4.78, 5) is 39.2. The van der Waals surface area contributed by atoms with Gasteiger partial charge in [0, 0.05) is 26.5 Å². The molecule has 5 atom stereocenters. The quantitative estimate of drug-likeness (QED) is 0.560. The van der Waals surface area contributed by atoms with Crippen LogP contribution in [0.1, 0.15) is 20.8 Å². The molecule has 1 fully saturated rings. The highest BCUT2D eigenvalue weighted by atomic mass is 32.2. The topological polar surface area (TPSA) is 113 Å². The lowest BCUT2D eigenvalue weighted by atomic mass is 9.98. The van der Waals surface area contributed by atoms with E-state index in [0.29, 0.717) is 5.17 Å². The molecular formula is C19H22N2O7S. The largest absolute Gasteiger partial charge is 0.463 e. The van der Waals surface area contributed by atoms with Crippen molar-refractivity contribution in [2.45, 2.75) is 50.6 Å². The molecule has 0 spiro atoms. The molecule has 1 N–H and O–H groups in total. The van der Waals surface area contributed by atoms with Crippen LogP contribution in [0.25, 0.3) is 0 Å². The fourth-order valence-electron chi connectivity index (χ4n) is 3.10. The Labute approximate surface area is 172 Å². The van der Waals surface area contributed by atoms with Crippen LogP contribution in [-0.4, -0.2) is 59.5 Å². The average Bonchev–Trinajstić information content (AvgIpc) is 3.04. The first-order valence-electron chi connectivity index (χ1n) is 9.03. The summed E-state index contributed by atoms with van der Waals surface area (Å²) in [5.74, 6) is -1.61. The van der Waals surface area contributed by atoms with Crippen LogP contribution < -0.4 is 5.32 Å². The Morgan fingerprint density at radius 2 is 1.69 bits per heavy atom. The van der Waals surface area contributed by atoms with Crippen LogP contribution in [0.5, 0.6) is 0 Å². The Hall–Kier alpha value is -2.59. The van der Waals surface area contributed by atoms with E-state index >= 15 is 0 Å². The van der Waals surface area contributed by atoms with Crippen LogP contribution >= 0.6 is 11.8 Å². The van der Waals surface area contributed by atoms with Gasteiger partial charge in [-0.1, -0.05) is 30.0 Å². The number of amidine groups is 1. The third kappa shape index (κ3) is 5.48. The smallest absolute Gasteiger partial charge is 0.303 e. The maximum absolute atomic E-state index is 11.7. The Kier molecular flexibility index (Phi) is 6.75. The number of para-hydroxylation sites is 1. The van der Waals surface area contributed by atoms with E-state index in [0.717, 1.165) is 5.69 Å². The summed E-state index contributed by atoms with van der Waals surface area (Å²) in [6.07, 6.45) is -2.64. The zero-order chi connectivity index (χ0) is 21.0. The molecule has 0 aliphatic carbocycles. The number of ether oxygens (including phenoxy) is 4. The van der Waals surface area contributed by atoms with Crippen molar-refractivity contribution >= 4 is 40.5 Å². The number of nitrogens with zero attached hydrogens (tertiary/aromatic N) is 1. The van der Waals surface area contributed by atoms with Crippen molar-refractivity contribution in [1.29, 1.82) is 0 Å². The van der Waals surface area contributed by atoms with Crippen LogP contribution in [0.15, 0.2) is 35.3 Å². The van der Waals surface area contributed by atoms with Crippen molar-refractivity contribution in [3.63, 3.8) is 0 Å². The third-order valence-electron chi connectivity index (χ3n) is 4.19. The van der Waals surface area contributed by atoms with Crippen molar-refractivity contribution in [1.82, 2.24) is 0 Å². The number of rotatable bonds is 5. The zero-order valence-corrected chi connectivity index (χ0v) is 17.0. The van der Waals surface area contributed by atoms with Crippen molar-refractivity contribution < 1.29 is 33.3 Å². The molecule has 0 amide bonds. The van der Waals surface area contributed by atoms with Gasteiger partial charge < -0.3 is 24.3 Å². The van der Waals surface area contributed by atoms with Gasteiger partial charge >= 0.3 is 17.9 Å². The summed E-state index contributed by atoms with van der Waals surface area (Å²) in [6, 6.07) is 8.87. The number of anilines is 1. The van der Waals surface area contributed by atoms with Crippen molar-refractivity contribution in [3.8, 4) is 0 Å². The summed E-state index contributed by atoms with van der Waals surface area (Å²) in [5, 5.41) is 3.77. The number of nitrogens with one attached hydrogen (secondary N) is 1. The maximum atomic E-state index is 11.7. The molecule has 0 saturated carbocycles. The molecule has 2 heterocycles. The van der Waals surface area contributed by atoms with Crippen LogP contribution in [0.2, 0.25) is 0 Å². The summed E-state index contributed by atoms with van der Waals surface area (Å²) in [7, 11) is 0. The van der Waals surface area contributed by atoms with E-state index in [2.05, 4.69) is 10.3 Å². The molecule has 156 valence electrons. The number of benzene rings is 1. The zero-order valence-electron chi connectivity index (χ0n) is 16.2. The fraction of sp³-hybridized carbons (Fsp3) is 0.474. The van der Waals surface area contributed by atoms with Gasteiger partial charge in [0.2, 0.25) is 0 Å². The fourth-order valence-corrected chi connectivity index (χ4v) is 4.23. The first-order valence-corrected chi connectivity index (χ1v) is 9.91. The number of esters is 3. The molecule has 29 heavy (non-hydrogen) atoms. The molecule has 0 bridgehead atoms. The first kappa shape index (κ1) is 21.1. The van der Waals surface area contributed by atoms with E-state index < -0.39 is 47.7 Å². The second-order valence-electron chi connectivity index (χ2n) is 6.53. The maximum Gasteiger partial charge on any atom is 0.303 e. The number of hydrogen-bond acceptors (Lipinski definition) is 10. The molecule has 3 rings (SSSR count). The number of carbonyl (C=O) groups is 3. The second kappa shape index (κ2) is 9.27. The van der Waals surface area contributed by atoms with E-state index in [-0.39, 0.29) is 6.61 Å². The molecule has 1 aromatic carbocycles. The van der Waals surface area contributed by atoms with E-state index in [1.807, 2.05) is 30.3 Å². The van der Waals surface area contributed by atoms with Crippen molar-refractivity contribution in [3.05, 3.63) is 30.3 Å². The minimum Gasteiger partial charge on any atom is -0.463 e. The molecule has 2 aliphatic rings. The minimum atomic E-state index is -0.961. The van der Waals surface area contributed by atoms with Gasteiger partial charge in [0.25, 0.3) is 0 Å². The van der Waals surface area contributed by atoms with Gasteiger partial charge in [0.15, 0.2) is 17.4 Å². The molecule has 1 unspecified atom stereocenters. The monoisotopic (exact) mass is 422 g/mol. The molecule has 1 saturated heterocycles. The van der Waals surface area contributed by atoms with Crippen molar-refractivity contribution in [2.24, 2.45) is 4.99 Å². The van der Waals surface area contributed by atoms with Crippen LogP contribution in [-0.2, 0) is 33.3 Å². The normalized spacial score (nSPS) is 28.0. The van der Waals surface area contributed by atoms with E-state index in [4.69, 9.17) is 18.9 Å². The molecule has 0 radical (unpaired) electrons. The number of carbonyl (C=O) groups excluding carboxylic acids is 3. The molecule has 0 aromatic heterocycles. The molecule has 10 heteroatoms. The first-order chi connectivity index (χ1) is 13.8. The highest BCUT2D eigenvalue weighted by molar-refractivity contribution is 8.14.